The quantitative estimate of drug-likeness (QED) is 0.681. The number of fused-ring (bicyclic) bond motifs is 5. The fourth-order valence-electron chi connectivity index (χ4n) is 7.80. The summed E-state index contributed by atoms with van der Waals surface area (Å²) in [5.74, 6) is 0.657. The van der Waals surface area contributed by atoms with Gasteiger partial charge in [0.1, 0.15) is 12.2 Å². The van der Waals surface area contributed by atoms with Crippen molar-refractivity contribution < 1.29 is 29.0 Å². The highest BCUT2D eigenvalue weighted by molar-refractivity contribution is 5.91. The molecule has 0 radical (unpaired) electrons. The molecule has 4 rings (SSSR count). The van der Waals surface area contributed by atoms with E-state index in [-0.39, 0.29) is 17.8 Å². The molecule has 0 aromatic heterocycles. The van der Waals surface area contributed by atoms with Gasteiger partial charge in [-0.3, -0.25) is 14.4 Å². The van der Waals surface area contributed by atoms with Crippen LogP contribution in [0.2, 0.25) is 0 Å². The van der Waals surface area contributed by atoms with E-state index in [0.29, 0.717) is 30.6 Å². The fourth-order valence-corrected chi connectivity index (χ4v) is 7.80. The van der Waals surface area contributed by atoms with Crippen LogP contribution in [0.15, 0.2) is 11.6 Å². The van der Waals surface area contributed by atoms with Gasteiger partial charge in [-0.15, -0.1) is 0 Å². The standard InChI is InChI=1S/C25H36O6/c1-15(26)30-14-22(31-16(2)27)25(29)12-9-21-19-6-5-17-13-18(28)7-10-23(17,3)20(19)8-11-24(21,25)4/h13,19-22,29H,5-12,14H2,1-4H3/t19-,20+,21+,22+,23+,24+,25+/m1/s1. The van der Waals surface area contributed by atoms with Crippen LogP contribution in [-0.4, -0.2) is 41.1 Å². The van der Waals surface area contributed by atoms with E-state index < -0.39 is 29.1 Å². The van der Waals surface area contributed by atoms with E-state index in [1.807, 2.05) is 6.08 Å². The first-order chi connectivity index (χ1) is 14.5. The number of rotatable bonds is 4. The fraction of sp³-hybridized carbons (Fsp3) is 0.800. The van der Waals surface area contributed by atoms with Crippen LogP contribution in [0.4, 0.5) is 0 Å². The third kappa shape index (κ3) is 3.46. The Balaban J connectivity index is 1.63. The van der Waals surface area contributed by atoms with Gasteiger partial charge < -0.3 is 14.6 Å². The normalized spacial score (nSPS) is 42.5. The summed E-state index contributed by atoms with van der Waals surface area (Å²) in [5.41, 5.74) is -0.222. The van der Waals surface area contributed by atoms with Crippen molar-refractivity contribution in [3.63, 3.8) is 0 Å². The molecule has 0 spiro atoms. The second-order valence-corrected chi connectivity index (χ2v) is 10.8. The topological polar surface area (TPSA) is 89.9 Å². The van der Waals surface area contributed by atoms with Gasteiger partial charge in [0.15, 0.2) is 11.9 Å². The Bertz CT molecular complexity index is 817. The third-order valence-electron chi connectivity index (χ3n) is 9.46. The van der Waals surface area contributed by atoms with Crippen molar-refractivity contribution in [2.24, 2.45) is 28.6 Å². The summed E-state index contributed by atoms with van der Waals surface area (Å²) in [7, 11) is 0. The molecule has 0 saturated heterocycles. The summed E-state index contributed by atoms with van der Waals surface area (Å²) in [6.07, 6.45) is 7.84. The lowest BCUT2D eigenvalue weighted by Crippen LogP contribution is -2.60. The van der Waals surface area contributed by atoms with E-state index in [0.717, 1.165) is 38.5 Å². The van der Waals surface area contributed by atoms with Crippen molar-refractivity contribution in [1.29, 1.82) is 0 Å². The number of carbonyl (C=O) groups is 3. The average Bonchev–Trinajstić information content (AvgIpc) is 2.97. The summed E-state index contributed by atoms with van der Waals surface area (Å²) in [5, 5.41) is 12.0. The average molecular weight is 433 g/mol. The second kappa shape index (κ2) is 7.72. The zero-order valence-electron chi connectivity index (χ0n) is 19.2. The second-order valence-electron chi connectivity index (χ2n) is 10.8. The molecule has 3 fully saturated rings. The van der Waals surface area contributed by atoms with E-state index in [9.17, 15) is 19.5 Å². The smallest absolute Gasteiger partial charge is 0.303 e. The number of hydrogen-bond donors (Lipinski definition) is 1. The van der Waals surface area contributed by atoms with Gasteiger partial charge in [-0.1, -0.05) is 19.4 Å². The van der Waals surface area contributed by atoms with E-state index in [1.165, 1.54) is 19.4 Å². The van der Waals surface area contributed by atoms with Crippen LogP contribution < -0.4 is 0 Å². The number of aliphatic hydroxyl groups is 1. The summed E-state index contributed by atoms with van der Waals surface area (Å²) in [6, 6.07) is 0. The van der Waals surface area contributed by atoms with Crippen molar-refractivity contribution in [2.45, 2.75) is 90.8 Å². The highest BCUT2D eigenvalue weighted by Crippen LogP contribution is 2.68. The van der Waals surface area contributed by atoms with E-state index in [2.05, 4.69) is 13.8 Å². The van der Waals surface area contributed by atoms with Gasteiger partial charge in [0.05, 0.1) is 0 Å². The summed E-state index contributed by atoms with van der Waals surface area (Å²) < 4.78 is 10.7. The highest BCUT2D eigenvalue weighted by atomic mass is 16.6. The van der Waals surface area contributed by atoms with E-state index in [4.69, 9.17) is 9.47 Å². The lowest BCUT2D eigenvalue weighted by molar-refractivity contribution is -0.207. The first kappa shape index (κ1) is 22.5. The van der Waals surface area contributed by atoms with Gasteiger partial charge >= 0.3 is 11.9 Å². The van der Waals surface area contributed by atoms with E-state index in [1.54, 1.807) is 0 Å². The van der Waals surface area contributed by atoms with Gasteiger partial charge in [-0.25, -0.2) is 0 Å². The molecule has 4 aliphatic rings. The largest absolute Gasteiger partial charge is 0.462 e. The first-order valence-corrected chi connectivity index (χ1v) is 11.8. The molecule has 0 heterocycles. The van der Waals surface area contributed by atoms with Crippen LogP contribution in [0.5, 0.6) is 0 Å². The molecule has 172 valence electrons. The molecule has 0 amide bonds. The molecular formula is C25H36O6. The zero-order chi connectivity index (χ0) is 22.6. The predicted octanol–water partition coefficient (Wildman–Crippen LogP) is 3.74. The molecule has 0 aromatic rings. The van der Waals surface area contributed by atoms with Crippen LogP contribution >= 0.6 is 0 Å². The molecule has 0 aliphatic heterocycles. The molecule has 6 heteroatoms. The summed E-state index contributed by atoms with van der Waals surface area (Å²) >= 11 is 0. The minimum Gasteiger partial charge on any atom is -0.462 e. The van der Waals surface area contributed by atoms with Gasteiger partial charge in [0.25, 0.3) is 0 Å². The monoisotopic (exact) mass is 432 g/mol. The van der Waals surface area contributed by atoms with Crippen LogP contribution in [0.1, 0.15) is 79.1 Å². The van der Waals surface area contributed by atoms with Crippen molar-refractivity contribution in [3.8, 4) is 0 Å². The Morgan fingerprint density at radius 2 is 1.77 bits per heavy atom. The molecule has 0 unspecified atom stereocenters. The van der Waals surface area contributed by atoms with Crippen molar-refractivity contribution in [3.05, 3.63) is 11.6 Å². The molecule has 6 nitrogen and oxygen atoms in total. The lowest BCUT2D eigenvalue weighted by Gasteiger charge is -2.59. The predicted molar refractivity (Wildman–Crippen MR) is 114 cm³/mol. The zero-order valence-corrected chi connectivity index (χ0v) is 19.2. The minimum absolute atomic E-state index is 0.0753. The number of hydrogen-bond acceptors (Lipinski definition) is 6. The van der Waals surface area contributed by atoms with Crippen molar-refractivity contribution in [1.82, 2.24) is 0 Å². The van der Waals surface area contributed by atoms with Crippen LogP contribution in [0, 0.1) is 28.6 Å². The molecule has 7 atom stereocenters. The lowest BCUT2D eigenvalue weighted by atomic mass is 9.46. The maximum absolute atomic E-state index is 12.0. The maximum atomic E-state index is 12.0. The van der Waals surface area contributed by atoms with Gasteiger partial charge in [-0.05, 0) is 74.2 Å². The number of allylic oxidation sites excluding steroid dienone is 1. The molecular weight excluding hydrogens is 396 g/mol. The molecule has 31 heavy (non-hydrogen) atoms. The summed E-state index contributed by atoms with van der Waals surface area (Å²) in [4.78, 5) is 35.3. The number of ether oxygens (including phenoxy) is 2. The highest BCUT2D eigenvalue weighted by Gasteiger charge is 2.66. The number of esters is 2. The maximum Gasteiger partial charge on any atom is 0.303 e. The van der Waals surface area contributed by atoms with Crippen LogP contribution in [0.25, 0.3) is 0 Å². The molecule has 4 aliphatic carbocycles. The third-order valence-corrected chi connectivity index (χ3v) is 9.46. The Morgan fingerprint density at radius 3 is 2.45 bits per heavy atom. The van der Waals surface area contributed by atoms with Crippen molar-refractivity contribution >= 4 is 17.7 Å². The Hall–Kier alpha value is -1.69. The molecule has 1 N–H and O–H groups in total. The Labute approximate surface area is 184 Å². The van der Waals surface area contributed by atoms with Crippen molar-refractivity contribution in [2.75, 3.05) is 6.61 Å². The van der Waals surface area contributed by atoms with Crippen LogP contribution in [0.3, 0.4) is 0 Å². The number of carbonyl (C=O) groups excluding carboxylic acids is 3. The molecule has 3 saturated carbocycles. The Kier molecular flexibility index (Phi) is 5.60. The number of ketones is 1. The van der Waals surface area contributed by atoms with Crippen LogP contribution in [-0.2, 0) is 23.9 Å². The Morgan fingerprint density at radius 1 is 1.06 bits per heavy atom. The van der Waals surface area contributed by atoms with Gasteiger partial charge in [0, 0.05) is 25.7 Å². The molecule has 0 bridgehead atoms. The minimum atomic E-state index is -1.22. The summed E-state index contributed by atoms with van der Waals surface area (Å²) in [6.45, 7) is 7.02. The van der Waals surface area contributed by atoms with Gasteiger partial charge in [0.2, 0.25) is 0 Å². The first-order valence-electron chi connectivity index (χ1n) is 11.8. The van der Waals surface area contributed by atoms with Gasteiger partial charge in [-0.2, -0.15) is 0 Å². The van der Waals surface area contributed by atoms with E-state index >= 15 is 0 Å². The molecule has 0 aromatic carbocycles. The SMILES string of the molecule is CC(=O)OC[C@H](OC(C)=O)[C@@]1(O)CC[C@H]2[C@@H]3CCC4=CC(=O)CC[C@]4(C)[C@H]3CC[C@@]21C.